The number of hydrogen-bond donors (Lipinski definition) is 3. The molecule has 0 saturated heterocycles. The van der Waals surface area contributed by atoms with Crippen molar-refractivity contribution in [3.63, 3.8) is 0 Å². The molecule has 0 atom stereocenters. The highest BCUT2D eigenvalue weighted by atomic mass is 35.5. The van der Waals surface area contributed by atoms with E-state index in [1.54, 1.807) is 30.7 Å². The molecule has 4 aromatic rings. The largest absolute Gasteiger partial charge is 0.354 e. The van der Waals surface area contributed by atoms with Crippen LogP contribution in [0.5, 0.6) is 0 Å². The maximum atomic E-state index is 12.8. The molecular formula is C28H32ClN7O. The van der Waals surface area contributed by atoms with E-state index in [2.05, 4.69) is 30.2 Å². The fraction of sp³-hybridized carbons (Fsp3) is 0.393. The first kappa shape index (κ1) is 25.3. The number of anilines is 1. The van der Waals surface area contributed by atoms with Crippen LogP contribution in [0.15, 0.2) is 47.7 Å². The van der Waals surface area contributed by atoms with Crippen molar-refractivity contribution in [3.8, 4) is 22.4 Å². The number of nitrogens with one attached hydrogen (secondary N) is 2. The van der Waals surface area contributed by atoms with Crippen molar-refractivity contribution in [2.75, 3.05) is 11.9 Å². The summed E-state index contributed by atoms with van der Waals surface area (Å²) in [4.78, 5) is 33.0. The Balaban J connectivity index is 0.000000348. The van der Waals surface area contributed by atoms with Crippen molar-refractivity contribution in [1.82, 2.24) is 24.9 Å². The third-order valence-electron chi connectivity index (χ3n) is 6.80. The number of nitrogens with two attached hydrogens (primary N) is 1. The number of pyridine rings is 1. The van der Waals surface area contributed by atoms with E-state index in [0.29, 0.717) is 39.7 Å². The number of aryl methyl sites for hydroxylation is 1. The van der Waals surface area contributed by atoms with Crippen LogP contribution in [0.3, 0.4) is 0 Å². The number of aromatic nitrogens is 5. The molecule has 0 unspecified atom stereocenters. The average Bonchev–Trinajstić information content (AvgIpc) is 3.73. The molecule has 0 bridgehead atoms. The summed E-state index contributed by atoms with van der Waals surface area (Å²) in [5.74, 6) is 1.24. The normalized spacial score (nSPS) is 15.8. The van der Waals surface area contributed by atoms with Crippen LogP contribution in [0, 0.1) is 12.8 Å². The van der Waals surface area contributed by atoms with E-state index in [-0.39, 0.29) is 5.56 Å². The monoisotopic (exact) mass is 517 g/mol. The van der Waals surface area contributed by atoms with Crippen molar-refractivity contribution < 1.29 is 0 Å². The minimum Gasteiger partial charge on any atom is -0.354 e. The number of hydrogen-bond acceptors (Lipinski definition) is 7. The van der Waals surface area contributed by atoms with E-state index in [1.165, 1.54) is 44.9 Å². The van der Waals surface area contributed by atoms with Gasteiger partial charge in [0, 0.05) is 52.1 Å². The van der Waals surface area contributed by atoms with Crippen molar-refractivity contribution >= 4 is 28.6 Å². The second-order valence-corrected chi connectivity index (χ2v) is 10.4. The van der Waals surface area contributed by atoms with Gasteiger partial charge in [0.15, 0.2) is 0 Å². The van der Waals surface area contributed by atoms with Gasteiger partial charge in [0.05, 0.1) is 17.6 Å². The number of rotatable bonds is 5. The standard InChI is InChI=1S/C22H19ClN6O.C6H13N/c1-12-8-24-11-19(27-12)14-4-5-16(18(23)7-14)17-6-15-10-26-22(25-9-13-2-3-13)29-20(15)28-21(17)30;7-6-4-2-1-3-5-6/h4-8,10-11,13H,2-3,9H2,1H3,(H2,25,26,28,29,30);6H,1-5,7H2. The number of halogens is 1. The maximum absolute atomic E-state index is 12.8. The van der Waals surface area contributed by atoms with Gasteiger partial charge in [-0.3, -0.25) is 9.78 Å². The topological polar surface area (TPSA) is 122 Å². The number of aromatic amines is 1. The minimum atomic E-state index is -0.251. The summed E-state index contributed by atoms with van der Waals surface area (Å²) in [7, 11) is 0. The maximum Gasteiger partial charge on any atom is 0.257 e. The van der Waals surface area contributed by atoms with Crippen molar-refractivity contribution in [2.24, 2.45) is 11.7 Å². The Morgan fingerprint density at radius 2 is 1.84 bits per heavy atom. The molecule has 3 aromatic heterocycles. The Morgan fingerprint density at radius 1 is 1.03 bits per heavy atom. The van der Waals surface area contributed by atoms with Gasteiger partial charge in [0.2, 0.25) is 5.95 Å². The van der Waals surface area contributed by atoms with Crippen LogP contribution in [0.25, 0.3) is 33.4 Å². The molecule has 4 N–H and O–H groups in total. The second kappa shape index (κ2) is 11.4. The summed E-state index contributed by atoms with van der Waals surface area (Å²) >= 11 is 6.54. The highest BCUT2D eigenvalue weighted by molar-refractivity contribution is 6.33. The molecule has 192 valence electrons. The summed E-state index contributed by atoms with van der Waals surface area (Å²) in [6, 6.07) is 7.81. The summed E-state index contributed by atoms with van der Waals surface area (Å²) in [6.45, 7) is 2.75. The van der Waals surface area contributed by atoms with Gasteiger partial charge in [-0.25, -0.2) is 9.97 Å². The average molecular weight is 518 g/mol. The van der Waals surface area contributed by atoms with Gasteiger partial charge in [0.1, 0.15) is 5.65 Å². The molecule has 1 aromatic carbocycles. The van der Waals surface area contributed by atoms with Gasteiger partial charge < -0.3 is 16.0 Å². The number of nitrogens with zero attached hydrogens (tertiary/aromatic N) is 4. The Bertz CT molecular complexity index is 1440. The van der Waals surface area contributed by atoms with E-state index in [1.807, 2.05) is 19.1 Å². The number of fused-ring (bicyclic) bond motifs is 1. The quantitative estimate of drug-likeness (QED) is 0.319. The lowest BCUT2D eigenvalue weighted by atomic mass is 9.97. The van der Waals surface area contributed by atoms with Crippen molar-refractivity contribution in [1.29, 1.82) is 0 Å². The van der Waals surface area contributed by atoms with Crippen LogP contribution in [0.2, 0.25) is 5.02 Å². The molecule has 6 rings (SSSR count). The summed E-state index contributed by atoms with van der Waals surface area (Å²) < 4.78 is 0. The predicted molar refractivity (Wildman–Crippen MR) is 149 cm³/mol. The molecule has 37 heavy (non-hydrogen) atoms. The van der Waals surface area contributed by atoms with Crippen LogP contribution in [0.1, 0.15) is 50.6 Å². The molecule has 3 heterocycles. The van der Waals surface area contributed by atoms with E-state index >= 15 is 0 Å². The Hall–Kier alpha value is -3.36. The summed E-state index contributed by atoms with van der Waals surface area (Å²) in [6.07, 6.45) is 14.3. The van der Waals surface area contributed by atoms with Crippen LogP contribution < -0.4 is 16.6 Å². The first-order valence-electron chi connectivity index (χ1n) is 12.9. The smallest absolute Gasteiger partial charge is 0.257 e. The zero-order chi connectivity index (χ0) is 25.8. The van der Waals surface area contributed by atoms with Gasteiger partial charge in [-0.05, 0) is 50.7 Å². The zero-order valence-electron chi connectivity index (χ0n) is 21.0. The van der Waals surface area contributed by atoms with E-state index in [4.69, 9.17) is 17.3 Å². The lowest BCUT2D eigenvalue weighted by molar-refractivity contribution is 0.441. The molecule has 0 aliphatic heterocycles. The van der Waals surface area contributed by atoms with Gasteiger partial charge in [-0.2, -0.15) is 4.98 Å². The van der Waals surface area contributed by atoms with Gasteiger partial charge in [-0.1, -0.05) is 43.0 Å². The summed E-state index contributed by atoms with van der Waals surface area (Å²) in [5.41, 5.74) is 9.39. The second-order valence-electron chi connectivity index (χ2n) is 9.97. The highest BCUT2D eigenvalue weighted by Gasteiger charge is 2.21. The fourth-order valence-electron chi connectivity index (χ4n) is 4.47. The Labute approximate surface area is 221 Å². The summed E-state index contributed by atoms with van der Waals surface area (Å²) in [5, 5.41) is 4.43. The molecule has 2 saturated carbocycles. The first-order chi connectivity index (χ1) is 18.0. The molecule has 2 aliphatic rings. The van der Waals surface area contributed by atoms with Crippen LogP contribution in [0.4, 0.5) is 5.95 Å². The predicted octanol–water partition coefficient (Wildman–Crippen LogP) is 5.50. The van der Waals surface area contributed by atoms with Gasteiger partial charge >= 0.3 is 0 Å². The van der Waals surface area contributed by atoms with Crippen LogP contribution >= 0.6 is 11.6 Å². The third kappa shape index (κ3) is 6.50. The highest BCUT2D eigenvalue weighted by Crippen LogP contribution is 2.31. The molecule has 0 amide bonds. The van der Waals surface area contributed by atoms with Crippen LogP contribution in [-0.4, -0.2) is 37.5 Å². The van der Waals surface area contributed by atoms with E-state index in [9.17, 15) is 4.79 Å². The molecule has 2 aliphatic carbocycles. The lowest BCUT2D eigenvalue weighted by Crippen LogP contribution is -2.22. The Morgan fingerprint density at radius 3 is 2.51 bits per heavy atom. The number of H-pyrrole nitrogens is 1. The first-order valence-corrected chi connectivity index (χ1v) is 13.3. The number of benzene rings is 1. The molecular weight excluding hydrogens is 486 g/mol. The van der Waals surface area contributed by atoms with Crippen molar-refractivity contribution in [3.05, 3.63) is 63.9 Å². The van der Waals surface area contributed by atoms with E-state index < -0.39 is 0 Å². The molecule has 8 nitrogen and oxygen atoms in total. The SMILES string of the molecule is Cc1cncc(-c2ccc(-c3cc4cnc(NCC5CC5)nc4[nH]c3=O)c(Cl)c2)n1.NC1CCCCC1. The Kier molecular flexibility index (Phi) is 7.76. The lowest BCUT2D eigenvalue weighted by Gasteiger charge is -2.15. The molecule has 0 spiro atoms. The molecule has 9 heteroatoms. The molecule has 2 fully saturated rings. The minimum absolute atomic E-state index is 0.251. The van der Waals surface area contributed by atoms with Crippen LogP contribution in [-0.2, 0) is 0 Å². The van der Waals surface area contributed by atoms with Crippen molar-refractivity contribution in [2.45, 2.75) is 57.9 Å². The molecule has 0 radical (unpaired) electrons. The zero-order valence-corrected chi connectivity index (χ0v) is 21.8. The van der Waals surface area contributed by atoms with E-state index in [0.717, 1.165) is 28.9 Å². The van der Waals surface area contributed by atoms with Gasteiger partial charge in [-0.15, -0.1) is 0 Å². The fourth-order valence-corrected chi connectivity index (χ4v) is 4.75. The van der Waals surface area contributed by atoms with Gasteiger partial charge in [0.25, 0.3) is 5.56 Å². The third-order valence-corrected chi connectivity index (χ3v) is 7.11.